The number of piperazine rings is 1. The van der Waals surface area contributed by atoms with Crippen molar-refractivity contribution in [1.29, 1.82) is 0 Å². The van der Waals surface area contributed by atoms with Gasteiger partial charge in [0, 0.05) is 26.2 Å². The van der Waals surface area contributed by atoms with E-state index in [9.17, 15) is 4.39 Å². The minimum absolute atomic E-state index is 0.243. The molecule has 1 aliphatic rings. The Labute approximate surface area is 122 Å². The largest absolute Gasteiger partial charge is 0.351 e. The maximum atomic E-state index is 14.0. The van der Waals surface area contributed by atoms with Crippen molar-refractivity contribution < 1.29 is 4.39 Å². The number of likely N-dealkylation sites (N-methyl/N-ethyl adjacent to an activating group) is 1. The number of aryl methyl sites for hydroxylation is 1. The van der Waals surface area contributed by atoms with Gasteiger partial charge in [-0.05, 0) is 25.6 Å². The Hall–Kier alpha value is -1.46. The summed E-state index contributed by atoms with van der Waals surface area (Å²) < 4.78 is 14.0. The zero-order valence-corrected chi connectivity index (χ0v) is 12.3. The molecule has 106 valence electrons. The van der Waals surface area contributed by atoms with Crippen molar-refractivity contribution in [2.24, 2.45) is 0 Å². The van der Waals surface area contributed by atoms with Gasteiger partial charge in [0.1, 0.15) is 5.52 Å². The van der Waals surface area contributed by atoms with Gasteiger partial charge < -0.3 is 9.80 Å². The number of aromatic nitrogens is 2. The Morgan fingerprint density at radius 2 is 1.85 bits per heavy atom. The molecule has 1 aliphatic heterocycles. The molecule has 0 radical (unpaired) electrons. The molecule has 0 aliphatic carbocycles. The molecule has 20 heavy (non-hydrogen) atoms. The molecule has 0 N–H and O–H groups in total. The first-order valence-corrected chi connectivity index (χ1v) is 7.00. The van der Waals surface area contributed by atoms with Gasteiger partial charge in [0.25, 0.3) is 0 Å². The van der Waals surface area contributed by atoms with E-state index in [1.54, 1.807) is 19.1 Å². The van der Waals surface area contributed by atoms with Crippen LogP contribution in [0.4, 0.5) is 10.2 Å². The zero-order chi connectivity index (χ0) is 14.3. The van der Waals surface area contributed by atoms with E-state index in [0.717, 1.165) is 26.2 Å². The van der Waals surface area contributed by atoms with Gasteiger partial charge in [0.05, 0.1) is 5.52 Å². The fraction of sp³-hybridized carbons (Fsp3) is 0.429. The molecular weight excluding hydrogens is 279 g/mol. The van der Waals surface area contributed by atoms with Crippen LogP contribution in [0.2, 0.25) is 5.15 Å². The van der Waals surface area contributed by atoms with Gasteiger partial charge in [0.15, 0.2) is 16.8 Å². The van der Waals surface area contributed by atoms with Gasteiger partial charge in [-0.25, -0.2) is 14.4 Å². The van der Waals surface area contributed by atoms with Crippen molar-refractivity contribution in [3.63, 3.8) is 0 Å². The fourth-order valence-corrected chi connectivity index (χ4v) is 2.63. The standard InChI is InChI=1S/C14H16ClFN4/c1-9-3-4-10-12(11(9)16)18-13(15)14(17-10)20-7-5-19(2)6-8-20/h3-4H,5-8H2,1-2H3. The third kappa shape index (κ3) is 2.31. The van der Waals surface area contributed by atoms with Gasteiger partial charge in [-0.3, -0.25) is 0 Å². The third-order valence-electron chi connectivity index (χ3n) is 3.71. The summed E-state index contributed by atoms with van der Waals surface area (Å²) in [5.74, 6) is 0.303. The van der Waals surface area contributed by atoms with Crippen molar-refractivity contribution >= 4 is 28.5 Å². The van der Waals surface area contributed by atoms with Crippen LogP contribution in [0.3, 0.4) is 0 Å². The number of benzene rings is 1. The predicted octanol–water partition coefficient (Wildman–Crippen LogP) is 2.48. The molecule has 0 atom stereocenters. The van der Waals surface area contributed by atoms with Crippen LogP contribution in [-0.4, -0.2) is 48.1 Å². The number of hydrogen-bond acceptors (Lipinski definition) is 4. The first kappa shape index (κ1) is 13.5. The van der Waals surface area contributed by atoms with Gasteiger partial charge >= 0.3 is 0 Å². The van der Waals surface area contributed by atoms with Gasteiger partial charge in [-0.15, -0.1) is 0 Å². The Morgan fingerprint density at radius 1 is 1.15 bits per heavy atom. The van der Waals surface area contributed by atoms with Crippen molar-refractivity contribution in [3.8, 4) is 0 Å². The molecule has 0 saturated carbocycles. The highest BCUT2D eigenvalue weighted by Crippen LogP contribution is 2.27. The highest BCUT2D eigenvalue weighted by molar-refractivity contribution is 6.32. The van der Waals surface area contributed by atoms with Crippen LogP contribution < -0.4 is 4.90 Å². The summed E-state index contributed by atoms with van der Waals surface area (Å²) in [7, 11) is 2.09. The summed E-state index contributed by atoms with van der Waals surface area (Å²) in [5, 5.41) is 0.270. The number of fused-ring (bicyclic) bond motifs is 1. The van der Waals surface area contributed by atoms with E-state index in [-0.39, 0.29) is 16.5 Å². The smallest absolute Gasteiger partial charge is 0.172 e. The average molecular weight is 295 g/mol. The molecule has 0 bridgehead atoms. The molecule has 2 aromatic rings. The number of anilines is 1. The lowest BCUT2D eigenvalue weighted by Crippen LogP contribution is -2.45. The summed E-state index contributed by atoms with van der Waals surface area (Å²) in [6.07, 6.45) is 0. The first-order chi connectivity index (χ1) is 9.56. The molecule has 0 amide bonds. The SMILES string of the molecule is Cc1ccc2nc(N3CCN(C)CC3)c(Cl)nc2c1F. The minimum Gasteiger partial charge on any atom is -0.351 e. The van der Waals surface area contributed by atoms with E-state index < -0.39 is 0 Å². The van der Waals surface area contributed by atoms with Crippen molar-refractivity contribution in [2.45, 2.75) is 6.92 Å². The Kier molecular flexibility index (Phi) is 3.48. The highest BCUT2D eigenvalue weighted by atomic mass is 35.5. The average Bonchev–Trinajstić information content (AvgIpc) is 2.44. The molecule has 2 heterocycles. The van der Waals surface area contributed by atoms with E-state index in [1.807, 2.05) is 0 Å². The lowest BCUT2D eigenvalue weighted by molar-refractivity contribution is 0.312. The monoisotopic (exact) mass is 294 g/mol. The topological polar surface area (TPSA) is 32.3 Å². The Bertz CT molecular complexity index is 653. The van der Waals surface area contributed by atoms with E-state index in [1.165, 1.54) is 0 Å². The second kappa shape index (κ2) is 5.14. The van der Waals surface area contributed by atoms with Crippen molar-refractivity contribution in [2.75, 3.05) is 38.1 Å². The zero-order valence-electron chi connectivity index (χ0n) is 11.5. The Morgan fingerprint density at radius 3 is 2.55 bits per heavy atom. The van der Waals surface area contributed by atoms with Crippen LogP contribution in [0.5, 0.6) is 0 Å². The van der Waals surface area contributed by atoms with Crippen LogP contribution in [0.1, 0.15) is 5.56 Å². The number of nitrogens with zero attached hydrogens (tertiary/aromatic N) is 4. The summed E-state index contributed by atoms with van der Waals surface area (Å²) in [4.78, 5) is 13.1. The number of rotatable bonds is 1. The molecule has 0 spiro atoms. The summed E-state index contributed by atoms with van der Waals surface area (Å²) >= 11 is 6.20. The van der Waals surface area contributed by atoms with Gasteiger partial charge in [-0.1, -0.05) is 17.7 Å². The summed E-state index contributed by atoms with van der Waals surface area (Å²) in [6.45, 7) is 5.32. The van der Waals surface area contributed by atoms with E-state index in [0.29, 0.717) is 16.9 Å². The third-order valence-corrected chi connectivity index (χ3v) is 3.97. The Balaban J connectivity index is 2.04. The van der Waals surface area contributed by atoms with Gasteiger partial charge in [0.2, 0.25) is 0 Å². The molecule has 1 aromatic carbocycles. The lowest BCUT2D eigenvalue weighted by Gasteiger charge is -2.33. The van der Waals surface area contributed by atoms with E-state index >= 15 is 0 Å². The van der Waals surface area contributed by atoms with Crippen molar-refractivity contribution in [1.82, 2.24) is 14.9 Å². The predicted molar refractivity (Wildman–Crippen MR) is 79.0 cm³/mol. The van der Waals surface area contributed by atoms with E-state index in [4.69, 9.17) is 11.6 Å². The van der Waals surface area contributed by atoms with Crippen LogP contribution in [0, 0.1) is 12.7 Å². The highest BCUT2D eigenvalue weighted by Gasteiger charge is 2.20. The fourth-order valence-electron chi connectivity index (χ4n) is 2.38. The molecule has 3 rings (SSSR count). The van der Waals surface area contributed by atoms with Crippen LogP contribution in [0.15, 0.2) is 12.1 Å². The molecule has 1 fully saturated rings. The lowest BCUT2D eigenvalue weighted by atomic mass is 10.2. The molecule has 6 heteroatoms. The quantitative estimate of drug-likeness (QED) is 0.809. The molecular formula is C14H16ClFN4. The second-order valence-corrected chi connectivity index (χ2v) is 5.55. The van der Waals surface area contributed by atoms with Crippen molar-refractivity contribution in [3.05, 3.63) is 28.7 Å². The van der Waals surface area contributed by atoms with Crippen LogP contribution in [-0.2, 0) is 0 Å². The summed E-state index contributed by atoms with van der Waals surface area (Å²) in [6, 6.07) is 3.50. The number of halogens is 2. The van der Waals surface area contributed by atoms with Gasteiger partial charge in [-0.2, -0.15) is 0 Å². The molecule has 1 saturated heterocycles. The minimum atomic E-state index is -0.346. The normalized spacial score (nSPS) is 16.9. The van der Waals surface area contributed by atoms with E-state index in [2.05, 4.69) is 26.8 Å². The van der Waals surface area contributed by atoms with Crippen LogP contribution >= 0.6 is 11.6 Å². The maximum Gasteiger partial charge on any atom is 0.172 e. The first-order valence-electron chi connectivity index (χ1n) is 6.62. The molecule has 1 aromatic heterocycles. The second-order valence-electron chi connectivity index (χ2n) is 5.19. The summed E-state index contributed by atoms with van der Waals surface area (Å²) in [5.41, 5.74) is 1.34. The molecule has 0 unspecified atom stereocenters. The number of hydrogen-bond donors (Lipinski definition) is 0. The maximum absolute atomic E-state index is 14.0. The van der Waals surface area contributed by atoms with Crippen LogP contribution in [0.25, 0.3) is 11.0 Å². The molecule has 4 nitrogen and oxygen atoms in total.